The van der Waals surface area contributed by atoms with Gasteiger partial charge in [0, 0.05) is 0 Å². The van der Waals surface area contributed by atoms with Crippen molar-refractivity contribution in [2.75, 3.05) is 12.3 Å². The third kappa shape index (κ3) is 3.54. The smallest absolute Gasteiger partial charge is 0.251 e. The number of ether oxygens (including phenoxy) is 1. The van der Waals surface area contributed by atoms with Crippen LogP contribution in [0.2, 0.25) is 0 Å². The number of halogens is 1. The Balaban J connectivity index is 0.00000192. The molecule has 126 valence electrons. The molecule has 2 aromatic rings. The average molecular weight is 384 g/mol. The van der Waals surface area contributed by atoms with E-state index in [2.05, 4.69) is 16.0 Å². The van der Waals surface area contributed by atoms with Gasteiger partial charge in [0.2, 0.25) is 12.0 Å². The third-order valence-electron chi connectivity index (χ3n) is 3.93. The van der Waals surface area contributed by atoms with E-state index in [1.54, 1.807) is 12.7 Å². The fourth-order valence-electron chi connectivity index (χ4n) is 2.65. The van der Waals surface area contributed by atoms with Crippen LogP contribution in [0, 0.1) is 0 Å². The number of nitrogen functional groups attached to an aromatic ring is 1. The average Bonchev–Trinajstić information content (AvgIpc) is 3.12. The van der Waals surface area contributed by atoms with E-state index in [0.717, 1.165) is 18.5 Å². The Hall–Kier alpha value is -1.51. The van der Waals surface area contributed by atoms with Crippen LogP contribution in [-0.2, 0) is 11.3 Å². The maximum absolute atomic E-state index is 9.18. The minimum absolute atomic E-state index is 0. The summed E-state index contributed by atoms with van der Waals surface area (Å²) in [5.41, 5.74) is 8.83. The fourth-order valence-corrected chi connectivity index (χ4v) is 2.65. The Morgan fingerprint density at radius 3 is 2.91 bits per heavy atom. The van der Waals surface area contributed by atoms with Crippen LogP contribution in [-0.4, -0.2) is 32.4 Å². The standard InChI is InChI=1S/C15H21N5O2.BrH/c1-10(2)5-6-19-8-18-15-13(14(19)16)17-9-20(15)12-4-3-11(7-21)22-12;/h5,8-9,11-12,16,21H,3-4,6-7H2,1-2H3;1H/t11-,12+;/m0./s1. The zero-order chi connectivity index (χ0) is 15.7. The summed E-state index contributed by atoms with van der Waals surface area (Å²) in [7, 11) is 0. The number of allylic oxidation sites excluding steroid dienone is 2. The Morgan fingerprint density at radius 2 is 2.26 bits per heavy atom. The number of hydrogen-bond acceptors (Lipinski definition) is 5. The number of imidazole rings is 1. The van der Waals surface area contributed by atoms with Crippen molar-refractivity contribution in [2.45, 2.75) is 45.6 Å². The second-order valence-electron chi connectivity index (χ2n) is 5.86. The number of nitrogens with zero attached hydrogens (tertiary/aromatic N) is 4. The monoisotopic (exact) mass is 383 g/mol. The van der Waals surface area contributed by atoms with Gasteiger partial charge >= 0.3 is 0 Å². The molecule has 8 heteroatoms. The van der Waals surface area contributed by atoms with Crippen molar-refractivity contribution in [1.29, 1.82) is 0 Å². The number of aliphatic hydroxyl groups excluding tert-OH is 1. The molecule has 1 fully saturated rings. The molecule has 0 saturated carbocycles. The van der Waals surface area contributed by atoms with Crippen LogP contribution >= 0.6 is 0 Å². The van der Waals surface area contributed by atoms with Gasteiger partial charge in [-0.15, -0.1) is 0 Å². The van der Waals surface area contributed by atoms with Gasteiger partial charge in [-0.05, 0) is 26.7 Å². The second kappa shape index (κ2) is 7.37. The van der Waals surface area contributed by atoms with Gasteiger partial charge in [0.25, 0.3) is 5.82 Å². The number of nitrogens with two attached hydrogens (primary N) is 1. The molecule has 0 unspecified atom stereocenters. The van der Waals surface area contributed by atoms with Gasteiger partial charge in [-0.2, -0.15) is 0 Å². The summed E-state index contributed by atoms with van der Waals surface area (Å²) >= 11 is 0. The molecule has 1 aliphatic heterocycles. The number of rotatable bonds is 4. The Kier molecular flexibility index (Phi) is 5.72. The molecular weight excluding hydrogens is 362 g/mol. The summed E-state index contributed by atoms with van der Waals surface area (Å²) in [6, 6.07) is 0. The van der Waals surface area contributed by atoms with Crippen molar-refractivity contribution in [3.8, 4) is 0 Å². The lowest BCUT2D eigenvalue weighted by molar-refractivity contribution is -0.674. The normalized spacial score (nSPS) is 20.5. The van der Waals surface area contributed by atoms with E-state index in [4.69, 9.17) is 10.5 Å². The molecule has 0 bridgehead atoms. The van der Waals surface area contributed by atoms with Crippen LogP contribution in [0.15, 0.2) is 24.3 Å². The third-order valence-corrected chi connectivity index (χ3v) is 3.93. The van der Waals surface area contributed by atoms with Crippen molar-refractivity contribution in [3.63, 3.8) is 0 Å². The van der Waals surface area contributed by atoms with Crippen LogP contribution in [0.25, 0.3) is 11.2 Å². The summed E-state index contributed by atoms with van der Waals surface area (Å²) in [5.74, 6) is 0.595. The molecule has 23 heavy (non-hydrogen) atoms. The minimum Gasteiger partial charge on any atom is -1.00 e. The van der Waals surface area contributed by atoms with Crippen molar-refractivity contribution < 1.29 is 31.4 Å². The number of aromatic nitrogens is 4. The predicted molar refractivity (Wildman–Crippen MR) is 81.8 cm³/mol. The maximum Gasteiger partial charge on any atom is 0.251 e. The van der Waals surface area contributed by atoms with E-state index in [1.165, 1.54) is 5.57 Å². The van der Waals surface area contributed by atoms with Gasteiger partial charge in [0.1, 0.15) is 12.6 Å². The van der Waals surface area contributed by atoms with E-state index >= 15 is 0 Å². The molecule has 3 heterocycles. The van der Waals surface area contributed by atoms with E-state index in [1.807, 2.05) is 23.0 Å². The quantitative estimate of drug-likeness (QED) is 0.468. The highest BCUT2D eigenvalue weighted by molar-refractivity contribution is 5.79. The molecule has 1 aliphatic rings. The largest absolute Gasteiger partial charge is 1.00 e. The molecule has 0 amide bonds. The van der Waals surface area contributed by atoms with Gasteiger partial charge in [0.15, 0.2) is 5.52 Å². The Bertz CT molecular complexity index is 711. The van der Waals surface area contributed by atoms with Gasteiger partial charge in [-0.25, -0.2) is 9.55 Å². The number of hydrogen-bond donors (Lipinski definition) is 2. The van der Waals surface area contributed by atoms with Crippen molar-refractivity contribution in [3.05, 3.63) is 24.3 Å². The van der Waals surface area contributed by atoms with Gasteiger partial charge in [-0.1, -0.05) is 16.6 Å². The van der Waals surface area contributed by atoms with Crippen molar-refractivity contribution in [2.24, 2.45) is 0 Å². The zero-order valence-corrected chi connectivity index (χ0v) is 14.9. The number of fused-ring (bicyclic) bond motifs is 1. The van der Waals surface area contributed by atoms with Crippen LogP contribution < -0.4 is 27.3 Å². The summed E-state index contributed by atoms with van der Waals surface area (Å²) < 4.78 is 9.56. The lowest BCUT2D eigenvalue weighted by atomic mass is 10.2. The highest BCUT2D eigenvalue weighted by atomic mass is 79.9. The second-order valence-corrected chi connectivity index (χ2v) is 5.86. The van der Waals surface area contributed by atoms with Gasteiger partial charge in [-0.3, -0.25) is 4.57 Å². The maximum atomic E-state index is 9.18. The Labute approximate surface area is 145 Å². The highest BCUT2D eigenvalue weighted by Gasteiger charge is 2.29. The van der Waals surface area contributed by atoms with Crippen LogP contribution in [0.3, 0.4) is 0 Å². The Morgan fingerprint density at radius 1 is 1.48 bits per heavy atom. The highest BCUT2D eigenvalue weighted by Crippen LogP contribution is 2.30. The van der Waals surface area contributed by atoms with Crippen molar-refractivity contribution >= 4 is 17.0 Å². The van der Waals surface area contributed by atoms with E-state index in [9.17, 15) is 5.11 Å². The summed E-state index contributed by atoms with van der Waals surface area (Å²) in [4.78, 5) is 8.88. The fraction of sp³-hybridized carbons (Fsp3) is 0.533. The first kappa shape index (κ1) is 17.8. The first-order chi connectivity index (χ1) is 10.6. The zero-order valence-electron chi connectivity index (χ0n) is 13.3. The molecule has 0 spiro atoms. The van der Waals surface area contributed by atoms with E-state index in [-0.39, 0.29) is 35.9 Å². The van der Waals surface area contributed by atoms with Gasteiger partial charge < -0.3 is 32.6 Å². The number of aliphatic hydroxyl groups is 1. The van der Waals surface area contributed by atoms with Gasteiger partial charge in [0.05, 0.1) is 19.3 Å². The molecule has 0 aliphatic carbocycles. The van der Waals surface area contributed by atoms with Crippen LogP contribution in [0.1, 0.15) is 32.9 Å². The molecule has 2 atom stereocenters. The van der Waals surface area contributed by atoms with E-state index in [0.29, 0.717) is 17.9 Å². The first-order valence-electron chi connectivity index (χ1n) is 7.50. The minimum atomic E-state index is -0.136. The first-order valence-corrected chi connectivity index (χ1v) is 7.50. The molecule has 3 N–H and O–H groups in total. The predicted octanol–water partition coefficient (Wildman–Crippen LogP) is -2.06. The van der Waals surface area contributed by atoms with Crippen LogP contribution in [0.5, 0.6) is 0 Å². The SMILES string of the molecule is CC(C)=CC[n+]1cnc2c(ncn2[C@H]2CC[C@@H](CO)O2)c1N.[Br-]. The lowest BCUT2D eigenvalue weighted by Gasteiger charge is -2.12. The molecule has 1 saturated heterocycles. The molecule has 0 aromatic carbocycles. The van der Waals surface area contributed by atoms with E-state index < -0.39 is 0 Å². The molecule has 3 rings (SSSR count). The molecule has 2 aromatic heterocycles. The topological polar surface area (TPSA) is 90.1 Å². The summed E-state index contributed by atoms with van der Waals surface area (Å²) in [6.07, 6.45) is 6.97. The molecule has 7 nitrogen and oxygen atoms in total. The summed E-state index contributed by atoms with van der Waals surface area (Å²) in [5, 5.41) is 9.18. The van der Waals surface area contributed by atoms with Crippen molar-refractivity contribution in [1.82, 2.24) is 14.5 Å². The molecule has 0 radical (unpaired) electrons. The summed E-state index contributed by atoms with van der Waals surface area (Å²) in [6.45, 7) is 4.82. The lowest BCUT2D eigenvalue weighted by Crippen LogP contribution is -3.00. The van der Waals surface area contributed by atoms with Crippen LogP contribution in [0.4, 0.5) is 5.82 Å². The number of anilines is 1. The molecular formula is C15H22BrN5O2.